The van der Waals surface area contributed by atoms with Gasteiger partial charge in [0.1, 0.15) is 6.61 Å². The highest BCUT2D eigenvalue weighted by Crippen LogP contribution is 2.59. The van der Waals surface area contributed by atoms with Crippen LogP contribution in [-0.2, 0) is 11.3 Å². The largest absolute Gasteiger partial charge is 0.476 e. The van der Waals surface area contributed by atoms with Crippen LogP contribution in [-0.4, -0.2) is 41.6 Å². The Hall–Kier alpha value is -1.56. The SMILES string of the molecule is COC1C(C)C(NC(=O)c2cc3n(n2)CCO3)C12CCC2. The van der Waals surface area contributed by atoms with E-state index in [2.05, 4.69) is 17.3 Å². The molecule has 3 aliphatic rings. The van der Waals surface area contributed by atoms with Gasteiger partial charge in [-0.1, -0.05) is 13.3 Å². The van der Waals surface area contributed by atoms with Crippen LogP contribution in [0.5, 0.6) is 5.88 Å². The molecule has 1 amide bonds. The molecule has 2 fully saturated rings. The van der Waals surface area contributed by atoms with Crippen molar-refractivity contribution in [2.75, 3.05) is 13.7 Å². The lowest BCUT2D eigenvalue weighted by atomic mass is 9.46. The lowest BCUT2D eigenvalue weighted by molar-refractivity contribution is -0.198. The maximum absolute atomic E-state index is 12.4. The van der Waals surface area contributed by atoms with Gasteiger partial charge in [0.15, 0.2) is 5.69 Å². The third-order valence-electron chi connectivity index (χ3n) is 5.54. The maximum Gasteiger partial charge on any atom is 0.272 e. The fraction of sp³-hybridized carbons (Fsp3) is 0.733. The van der Waals surface area contributed by atoms with Crippen molar-refractivity contribution in [1.29, 1.82) is 0 Å². The van der Waals surface area contributed by atoms with Crippen LogP contribution < -0.4 is 10.1 Å². The molecule has 1 aromatic rings. The number of rotatable bonds is 3. The maximum atomic E-state index is 12.4. The number of hydrogen-bond acceptors (Lipinski definition) is 4. The number of hydrogen-bond donors (Lipinski definition) is 1. The molecule has 4 rings (SSSR count). The van der Waals surface area contributed by atoms with Gasteiger partial charge >= 0.3 is 0 Å². The number of aromatic nitrogens is 2. The van der Waals surface area contributed by atoms with Gasteiger partial charge in [0.2, 0.25) is 5.88 Å². The molecule has 1 aliphatic heterocycles. The number of carbonyl (C=O) groups excluding carboxylic acids is 1. The first-order valence-electron chi connectivity index (χ1n) is 7.70. The number of fused-ring (bicyclic) bond motifs is 1. The van der Waals surface area contributed by atoms with E-state index in [9.17, 15) is 4.79 Å². The highest BCUT2D eigenvalue weighted by Gasteiger charge is 2.63. The number of methoxy groups -OCH3 is 1. The van der Waals surface area contributed by atoms with Crippen LogP contribution in [0.4, 0.5) is 0 Å². The first kappa shape index (κ1) is 13.1. The average molecular weight is 291 g/mol. The zero-order valence-electron chi connectivity index (χ0n) is 12.5. The molecular formula is C15H21N3O3. The van der Waals surface area contributed by atoms with Crippen molar-refractivity contribution in [3.8, 4) is 5.88 Å². The first-order chi connectivity index (χ1) is 10.2. The van der Waals surface area contributed by atoms with Crippen molar-refractivity contribution < 1.29 is 14.3 Å². The third kappa shape index (κ3) is 1.68. The molecule has 114 valence electrons. The number of nitrogens with zero attached hydrogens (tertiary/aromatic N) is 2. The number of carbonyl (C=O) groups is 1. The van der Waals surface area contributed by atoms with Gasteiger partial charge in [0.05, 0.1) is 12.6 Å². The van der Waals surface area contributed by atoms with E-state index in [0.29, 0.717) is 24.1 Å². The second-order valence-electron chi connectivity index (χ2n) is 6.49. The molecule has 6 nitrogen and oxygen atoms in total. The van der Waals surface area contributed by atoms with E-state index < -0.39 is 0 Å². The smallest absolute Gasteiger partial charge is 0.272 e. The monoisotopic (exact) mass is 291 g/mol. The minimum absolute atomic E-state index is 0.0989. The summed E-state index contributed by atoms with van der Waals surface area (Å²) in [5.41, 5.74) is 0.607. The minimum atomic E-state index is -0.0989. The summed E-state index contributed by atoms with van der Waals surface area (Å²) < 4.78 is 12.8. The molecule has 21 heavy (non-hydrogen) atoms. The molecule has 0 radical (unpaired) electrons. The second kappa shape index (κ2) is 4.47. The number of nitrogens with one attached hydrogen (secondary N) is 1. The zero-order valence-corrected chi connectivity index (χ0v) is 12.5. The standard InChI is InChI=1S/C15H21N3O3/c1-9-12(15(4-3-5-15)13(9)20-2)16-14(19)10-8-11-18(17-10)6-7-21-11/h8-9,12-13H,3-7H2,1-2H3,(H,16,19). The van der Waals surface area contributed by atoms with Gasteiger partial charge < -0.3 is 14.8 Å². The van der Waals surface area contributed by atoms with Gasteiger partial charge in [0, 0.05) is 30.6 Å². The molecule has 6 heteroatoms. The molecule has 0 bridgehead atoms. The van der Waals surface area contributed by atoms with Gasteiger partial charge in [0.25, 0.3) is 5.91 Å². The van der Waals surface area contributed by atoms with Crippen molar-refractivity contribution in [1.82, 2.24) is 15.1 Å². The predicted molar refractivity (Wildman–Crippen MR) is 75.2 cm³/mol. The Labute approximate surface area is 123 Å². The van der Waals surface area contributed by atoms with Gasteiger partial charge in [-0.2, -0.15) is 5.10 Å². The van der Waals surface area contributed by atoms with Gasteiger partial charge in [-0.3, -0.25) is 4.79 Å². The second-order valence-corrected chi connectivity index (χ2v) is 6.49. The first-order valence-corrected chi connectivity index (χ1v) is 7.70. The summed E-state index contributed by atoms with van der Waals surface area (Å²) in [4.78, 5) is 12.4. The average Bonchev–Trinajstić information content (AvgIpc) is 2.99. The number of ether oxygens (including phenoxy) is 2. The third-order valence-corrected chi connectivity index (χ3v) is 5.54. The molecule has 2 saturated carbocycles. The molecule has 0 aromatic carbocycles. The summed E-state index contributed by atoms with van der Waals surface area (Å²) in [6.07, 6.45) is 3.78. The lowest BCUT2D eigenvalue weighted by Gasteiger charge is -2.64. The highest BCUT2D eigenvalue weighted by atomic mass is 16.5. The summed E-state index contributed by atoms with van der Waals surface area (Å²) in [6, 6.07) is 1.92. The van der Waals surface area contributed by atoms with Crippen molar-refractivity contribution in [3.63, 3.8) is 0 Å². The van der Waals surface area contributed by atoms with E-state index in [1.165, 1.54) is 6.42 Å². The van der Waals surface area contributed by atoms with Crippen molar-refractivity contribution >= 4 is 5.91 Å². The van der Waals surface area contributed by atoms with Crippen LogP contribution in [0.1, 0.15) is 36.7 Å². The Bertz CT molecular complexity index is 557. The predicted octanol–water partition coefficient (Wildman–Crippen LogP) is 1.21. The molecule has 3 atom stereocenters. The van der Waals surface area contributed by atoms with E-state index in [1.807, 2.05) is 0 Å². The molecular weight excluding hydrogens is 270 g/mol. The molecule has 3 unspecified atom stereocenters. The van der Waals surface area contributed by atoms with Crippen molar-refractivity contribution in [3.05, 3.63) is 11.8 Å². The molecule has 1 spiro atoms. The van der Waals surface area contributed by atoms with E-state index in [4.69, 9.17) is 9.47 Å². The van der Waals surface area contributed by atoms with E-state index >= 15 is 0 Å². The Morgan fingerprint density at radius 3 is 3.00 bits per heavy atom. The minimum Gasteiger partial charge on any atom is -0.476 e. The topological polar surface area (TPSA) is 65.4 Å². The molecule has 1 N–H and O–H groups in total. The molecule has 1 aromatic heterocycles. The van der Waals surface area contributed by atoms with Crippen molar-refractivity contribution in [2.24, 2.45) is 11.3 Å². The van der Waals surface area contributed by atoms with Crippen LogP contribution in [0, 0.1) is 11.3 Å². The van der Waals surface area contributed by atoms with E-state index in [-0.39, 0.29) is 23.5 Å². The lowest BCUT2D eigenvalue weighted by Crippen LogP contribution is -2.72. The van der Waals surface area contributed by atoms with Gasteiger partial charge in [-0.15, -0.1) is 0 Å². The normalized spacial score (nSPS) is 32.0. The van der Waals surface area contributed by atoms with Crippen LogP contribution in [0.3, 0.4) is 0 Å². The Balaban J connectivity index is 1.49. The summed E-state index contributed by atoms with van der Waals surface area (Å²) in [6.45, 7) is 3.51. The Kier molecular flexibility index (Phi) is 2.79. The molecule has 0 saturated heterocycles. The van der Waals surface area contributed by atoms with Crippen LogP contribution in [0.25, 0.3) is 0 Å². The zero-order chi connectivity index (χ0) is 14.6. The fourth-order valence-corrected chi connectivity index (χ4v) is 4.42. The Morgan fingerprint density at radius 1 is 1.57 bits per heavy atom. The molecule has 2 heterocycles. The fourth-order valence-electron chi connectivity index (χ4n) is 4.42. The summed E-state index contributed by atoms with van der Waals surface area (Å²) in [5.74, 6) is 0.943. The van der Waals surface area contributed by atoms with Crippen molar-refractivity contribution in [2.45, 2.75) is 44.9 Å². The Morgan fingerprint density at radius 2 is 2.38 bits per heavy atom. The van der Waals surface area contributed by atoms with Gasteiger partial charge in [-0.05, 0) is 12.8 Å². The van der Waals surface area contributed by atoms with Crippen LogP contribution in [0.2, 0.25) is 0 Å². The van der Waals surface area contributed by atoms with Crippen LogP contribution in [0.15, 0.2) is 6.07 Å². The van der Waals surface area contributed by atoms with E-state index in [1.54, 1.807) is 17.9 Å². The highest BCUT2D eigenvalue weighted by molar-refractivity contribution is 5.93. The van der Waals surface area contributed by atoms with Crippen LogP contribution >= 0.6 is 0 Å². The van der Waals surface area contributed by atoms with E-state index in [0.717, 1.165) is 19.4 Å². The quantitative estimate of drug-likeness (QED) is 0.909. The summed E-state index contributed by atoms with van der Waals surface area (Å²) >= 11 is 0. The molecule has 2 aliphatic carbocycles. The number of amides is 1. The van der Waals surface area contributed by atoms with Gasteiger partial charge in [-0.25, -0.2) is 4.68 Å². The summed E-state index contributed by atoms with van der Waals surface area (Å²) in [5, 5.41) is 7.48. The summed E-state index contributed by atoms with van der Waals surface area (Å²) in [7, 11) is 1.77.